The molecule has 4 N–H and O–H groups in total. The Morgan fingerprint density at radius 1 is 0.842 bits per heavy atom. The van der Waals surface area contributed by atoms with E-state index >= 15 is 0 Å². The lowest BCUT2D eigenvalue weighted by Gasteiger charge is -2.15. The predicted octanol–water partition coefficient (Wildman–Crippen LogP) is 4.30. The molecule has 0 aromatic heterocycles. The van der Waals surface area contributed by atoms with Gasteiger partial charge in [-0.25, -0.2) is 0 Å². The van der Waals surface area contributed by atoms with E-state index in [1.807, 2.05) is 0 Å². The van der Waals surface area contributed by atoms with Gasteiger partial charge >= 0.3 is 6.18 Å². The number of anilines is 2. The number of nitrogen functional groups attached to an aromatic ring is 2. The largest absolute Gasteiger partial charge is 0.417 e. The Hall–Kier alpha value is -1.69. The van der Waals surface area contributed by atoms with Gasteiger partial charge in [-0.3, -0.25) is 0 Å². The highest BCUT2D eigenvalue weighted by atomic mass is 79.9. The van der Waals surface area contributed by atoms with E-state index in [2.05, 4.69) is 15.9 Å². The van der Waals surface area contributed by atoms with Crippen LogP contribution in [0.25, 0.3) is 11.1 Å². The monoisotopic (exact) mass is 330 g/mol. The number of rotatable bonds is 1. The summed E-state index contributed by atoms with van der Waals surface area (Å²) in [7, 11) is 0. The highest BCUT2D eigenvalue weighted by Gasteiger charge is 2.34. The first-order valence-electron chi connectivity index (χ1n) is 5.31. The Morgan fingerprint density at radius 3 is 1.89 bits per heavy atom. The third-order valence-corrected chi connectivity index (χ3v) is 3.29. The molecular weight excluding hydrogens is 321 g/mol. The van der Waals surface area contributed by atoms with Gasteiger partial charge in [-0.1, -0.05) is 28.1 Å². The third-order valence-electron chi connectivity index (χ3n) is 2.63. The van der Waals surface area contributed by atoms with Gasteiger partial charge in [0.15, 0.2) is 0 Å². The highest BCUT2D eigenvalue weighted by Crippen LogP contribution is 2.40. The molecule has 0 amide bonds. The van der Waals surface area contributed by atoms with E-state index < -0.39 is 11.7 Å². The Labute approximate surface area is 116 Å². The van der Waals surface area contributed by atoms with Crippen LogP contribution in [-0.2, 0) is 6.18 Å². The fourth-order valence-electron chi connectivity index (χ4n) is 1.78. The summed E-state index contributed by atoms with van der Waals surface area (Å²) < 4.78 is 39.6. The minimum atomic E-state index is -4.47. The van der Waals surface area contributed by atoms with Crippen LogP contribution in [0.3, 0.4) is 0 Å². The summed E-state index contributed by atoms with van der Waals surface area (Å²) in [6, 6.07) is 8.38. The molecule has 0 fully saturated rings. The molecule has 0 unspecified atom stereocenters. The lowest BCUT2D eigenvalue weighted by atomic mass is 9.98. The Bertz CT molecular complexity index is 624. The van der Waals surface area contributed by atoms with E-state index in [0.717, 1.165) is 6.07 Å². The van der Waals surface area contributed by atoms with E-state index in [4.69, 9.17) is 11.5 Å². The lowest BCUT2D eigenvalue weighted by molar-refractivity contribution is -0.137. The van der Waals surface area contributed by atoms with Gasteiger partial charge in [-0.15, -0.1) is 0 Å². The average molecular weight is 331 g/mol. The first-order chi connectivity index (χ1) is 8.79. The van der Waals surface area contributed by atoms with Crippen molar-refractivity contribution in [2.45, 2.75) is 6.18 Å². The summed E-state index contributed by atoms with van der Waals surface area (Å²) in [5.74, 6) is 0. The van der Waals surface area contributed by atoms with Crippen molar-refractivity contribution in [3.05, 3.63) is 46.4 Å². The molecule has 2 aromatic carbocycles. The Balaban J connectivity index is 2.68. The van der Waals surface area contributed by atoms with Gasteiger partial charge < -0.3 is 11.5 Å². The molecule has 0 bridgehead atoms. The zero-order valence-electron chi connectivity index (χ0n) is 9.63. The second kappa shape index (κ2) is 4.77. The highest BCUT2D eigenvalue weighted by molar-refractivity contribution is 9.10. The van der Waals surface area contributed by atoms with E-state index in [9.17, 15) is 13.2 Å². The number of alkyl halides is 3. The molecule has 0 saturated heterocycles. The molecule has 0 heterocycles. The Morgan fingerprint density at radius 2 is 1.37 bits per heavy atom. The van der Waals surface area contributed by atoms with Gasteiger partial charge in [-0.05, 0) is 35.4 Å². The van der Waals surface area contributed by atoms with E-state index in [0.29, 0.717) is 15.7 Å². The summed E-state index contributed by atoms with van der Waals surface area (Å²) in [6.07, 6.45) is -4.47. The summed E-state index contributed by atoms with van der Waals surface area (Å²) in [5, 5.41) is 0. The normalized spacial score (nSPS) is 11.6. The maximum atomic E-state index is 13.0. The van der Waals surface area contributed by atoms with Crippen LogP contribution in [0.1, 0.15) is 5.56 Å². The molecule has 2 nitrogen and oxygen atoms in total. The van der Waals surface area contributed by atoms with Gasteiger partial charge in [0.25, 0.3) is 0 Å². The number of hydrogen-bond acceptors (Lipinski definition) is 2. The van der Waals surface area contributed by atoms with Gasteiger partial charge in [0.1, 0.15) is 0 Å². The molecule has 19 heavy (non-hydrogen) atoms. The van der Waals surface area contributed by atoms with Crippen LogP contribution in [-0.4, -0.2) is 0 Å². The minimum absolute atomic E-state index is 0.0635. The van der Waals surface area contributed by atoms with Crippen LogP contribution in [0.2, 0.25) is 0 Å². The van der Waals surface area contributed by atoms with Crippen LogP contribution in [0.4, 0.5) is 24.5 Å². The van der Waals surface area contributed by atoms with Gasteiger partial charge in [-0.2, -0.15) is 13.2 Å². The fraction of sp³-hybridized carbons (Fsp3) is 0.0769. The van der Waals surface area contributed by atoms with E-state index in [1.165, 1.54) is 12.1 Å². The smallest absolute Gasteiger partial charge is 0.399 e. The maximum absolute atomic E-state index is 13.0. The molecule has 0 radical (unpaired) electrons. The van der Waals surface area contributed by atoms with Crippen LogP contribution >= 0.6 is 15.9 Å². The second-order valence-corrected chi connectivity index (χ2v) is 4.90. The molecule has 0 aliphatic carbocycles. The molecule has 6 heteroatoms. The summed E-state index contributed by atoms with van der Waals surface area (Å²) >= 11 is 3.22. The van der Waals surface area contributed by atoms with Crippen LogP contribution < -0.4 is 11.5 Å². The van der Waals surface area contributed by atoms with Crippen molar-refractivity contribution in [1.29, 1.82) is 0 Å². The van der Waals surface area contributed by atoms with Crippen molar-refractivity contribution in [3.63, 3.8) is 0 Å². The van der Waals surface area contributed by atoms with Gasteiger partial charge in [0.05, 0.1) is 5.56 Å². The topological polar surface area (TPSA) is 52.0 Å². The molecule has 2 aromatic rings. The fourth-order valence-corrected chi connectivity index (χ4v) is 2.39. The van der Waals surface area contributed by atoms with E-state index in [1.54, 1.807) is 18.2 Å². The van der Waals surface area contributed by atoms with Crippen LogP contribution in [0.15, 0.2) is 40.9 Å². The molecule has 0 saturated carbocycles. The number of halogens is 4. The predicted molar refractivity (Wildman–Crippen MR) is 73.4 cm³/mol. The first kappa shape index (κ1) is 13.7. The Kier molecular flexibility index (Phi) is 3.45. The van der Waals surface area contributed by atoms with Crippen molar-refractivity contribution < 1.29 is 13.2 Å². The summed E-state index contributed by atoms with van der Waals surface area (Å²) in [5.41, 5.74) is 11.3. The minimum Gasteiger partial charge on any atom is -0.399 e. The van der Waals surface area contributed by atoms with Crippen molar-refractivity contribution >= 4 is 27.3 Å². The summed E-state index contributed by atoms with van der Waals surface area (Å²) in [4.78, 5) is 0. The molecule has 100 valence electrons. The molecule has 2 rings (SSSR count). The molecular formula is C13H10BrF3N2. The molecule has 0 atom stereocenters. The van der Waals surface area contributed by atoms with Crippen molar-refractivity contribution in [3.8, 4) is 11.1 Å². The lowest BCUT2D eigenvalue weighted by Crippen LogP contribution is -2.08. The van der Waals surface area contributed by atoms with Crippen LogP contribution in [0, 0.1) is 0 Å². The van der Waals surface area contributed by atoms with E-state index in [-0.39, 0.29) is 11.3 Å². The summed E-state index contributed by atoms with van der Waals surface area (Å²) in [6.45, 7) is 0. The number of hydrogen-bond donors (Lipinski definition) is 2. The molecule has 0 spiro atoms. The quantitative estimate of drug-likeness (QED) is 0.766. The van der Waals surface area contributed by atoms with Crippen molar-refractivity contribution in [2.24, 2.45) is 0 Å². The molecule has 0 aliphatic rings. The van der Waals surface area contributed by atoms with Gasteiger partial charge in [0.2, 0.25) is 0 Å². The first-order valence-corrected chi connectivity index (χ1v) is 6.10. The zero-order valence-corrected chi connectivity index (χ0v) is 11.2. The average Bonchev–Trinajstić information content (AvgIpc) is 2.28. The zero-order chi connectivity index (χ0) is 14.2. The van der Waals surface area contributed by atoms with Crippen molar-refractivity contribution in [2.75, 3.05) is 11.5 Å². The SMILES string of the molecule is Nc1ccc(-c2ccc(N)cc2C(F)(F)F)c(Br)c1. The third kappa shape index (κ3) is 2.84. The van der Waals surface area contributed by atoms with Crippen molar-refractivity contribution in [1.82, 2.24) is 0 Å². The number of nitrogens with two attached hydrogens (primary N) is 2. The number of benzene rings is 2. The van der Waals surface area contributed by atoms with Gasteiger partial charge in [0, 0.05) is 15.8 Å². The maximum Gasteiger partial charge on any atom is 0.417 e. The molecule has 0 aliphatic heterocycles. The standard InChI is InChI=1S/C13H10BrF3N2/c14-12-6-8(19)2-4-10(12)9-3-1-7(18)5-11(9)13(15,16)17/h1-6H,18-19H2. The second-order valence-electron chi connectivity index (χ2n) is 4.04. The van der Waals surface area contributed by atoms with Crippen LogP contribution in [0.5, 0.6) is 0 Å².